The summed E-state index contributed by atoms with van der Waals surface area (Å²) in [5.41, 5.74) is 0.507. The number of halogens is 1. The van der Waals surface area contributed by atoms with Crippen LogP contribution in [0.25, 0.3) is 0 Å². The lowest BCUT2D eigenvalue weighted by atomic mass is 10.2. The first kappa shape index (κ1) is 15.9. The average molecular weight is 320 g/mol. The van der Waals surface area contributed by atoms with Crippen LogP contribution in [-0.4, -0.2) is 23.1 Å². The van der Waals surface area contributed by atoms with E-state index in [2.05, 4.69) is 5.32 Å². The Labute approximate surface area is 132 Å². The number of amides is 1. The molecular weight excluding hydrogens is 306 g/mol. The van der Waals surface area contributed by atoms with Gasteiger partial charge in [0.25, 0.3) is 5.91 Å². The van der Waals surface area contributed by atoms with Crippen molar-refractivity contribution < 1.29 is 19.4 Å². The zero-order valence-corrected chi connectivity index (χ0v) is 12.5. The molecule has 6 heteroatoms. The molecule has 0 bridgehead atoms. The fourth-order valence-electron chi connectivity index (χ4n) is 1.71. The van der Waals surface area contributed by atoms with Crippen LogP contribution >= 0.6 is 11.6 Å². The van der Waals surface area contributed by atoms with E-state index in [1.165, 1.54) is 25.1 Å². The highest BCUT2D eigenvalue weighted by Gasteiger charge is 2.21. The summed E-state index contributed by atoms with van der Waals surface area (Å²) in [5, 5.41) is 12.5. The summed E-state index contributed by atoms with van der Waals surface area (Å²) in [6, 6.07) is 12.8. The molecule has 0 heterocycles. The Morgan fingerprint density at radius 2 is 1.86 bits per heavy atom. The quantitative estimate of drug-likeness (QED) is 0.848. The Kier molecular flexibility index (Phi) is 5.01. The van der Waals surface area contributed by atoms with Crippen LogP contribution in [0.1, 0.15) is 17.3 Å². The van der Waals surface area contributed by atoms with Crippen molar-refractivity contribution in [2.24, 2.45) is 0 Å². The third-order valence-electron chi connectivity index (χ3n) is 2.87. The van der Waals surface area contributed by atoms with Gasteiger partial charge in [-0.3, -0.25) is 4.79 Å². The van der Waals surface area contributed by atoms with E-state index in [0.29, 0.717) is 5.69 Å². The van der Waals surface area contributed by atoms with Gasteiger partial charge in [-0.15, -0.1) is 0 Å². The van der Waals surface area contributed by atoms with Crippen molar-refractivity contribution in [1.29, 1.82) is 0 Å². The van der Waals surface area contributed by atoms with Crippen LogP contribution in [-0.2, 0) is 9.53 Å². The van der Waals surface area contributed by atoms with Crippen LogP contribution in [0.3, 0.4) is 0 Å². The first-order chi connectivity index (χ1) is 10.5. The number of phenolic OH excluding ortho intramolecular Hbond substituents is 1. The van der Waals surface area contributed by atoms with Gasteiger partial charge in [0.15, 0.2) is 6.10 Å². The van der Waals surface area contributed by atoms with E-state index in [9.17, 15) is 14.7 Å². The van der Waals surface area contributed by atoms with Crippen LogP contribution < -0.4 is 5.32 Å². The maximum atomic E-state index is 12.0. The third-order valence-corrected chi connectivity index (χ3v) is 3.11. The molecule has 2 rings (SSSR count). The fraction of sp³-hybridized carbons (Fsp3) is 0.125. The lowest BCUT2D eigenvalue weighted by Gasteiger charge is -2.14. The Hall–Kier alpha value is -2.53. The van der Waals surface area contributed by atoms with Gasteiger partial charge in [-0.25, -0.2) is 4.79 Å². The molecule has 0 radical (unpaired) electrons. The molecule has 1 atom stereocenters. The number of benzene rings is 2. The minimum absolute atomic E-state index is 0.0909. The van der Waals surface area contributed by atoms with Crippen molar-refractivity contribution in [3.63, 3.8) is 0 Å². The monoisotopic (exact) mass is 319 g/mol. The zero-order chi connectivity index (χ0) is 16.1. The molecule has 2 aromatic rings. The van der Waals surface area contributed by atoms with E-state index in [1.54, 1.807) is 24.3 Å². The Bertz CT molecular complexity index is 688. The molecule has 22 heavy (non-hydrogen) atoms. The van der Waals surface area contributed by atoms with E-state index in [1.807, 2.05) is 6.07 Å². The van der Waals surface area contributed by atoms with Crippen LogP contribution in [0.15, 0.2) is 48.5 Å². The molecule has 0 saturated carbocycles. The summed E-state index contributed by atoms with van der Waals surface area (Å²) in [7, 11) is 0. The van der Waals surface area contributed by atoms with Crippen molar-refractivity contribution in [2.75, 3.05) is 5.32 Å². The first-order valence-corrected chi connectivity index (χ1v) is 6.90. The van der Waals surface area contributed by atoms with Gasteiger partial charge < -0.3 is 15.2 Å². The number of rotatable bonds is 4. The number of carbonyl (C=O) groups excluding carboxylic acids is 2. The SMILES string of the molecule is C[C@@H](OC(=O)c1cc(Cl)ccc1O)C(=O)Nc1ccccc1. The Morgan fingerprint density at radius 1 is 1.18 bits per heavy atom. The second-order valence-electron chi connectivity index (χ2n) is 4.56. The molecule has 0 aliphatic rings. The molecule has 0 aromatic heterocycles. The molecule has 1 amide bonds. The number of nitrogens with one attached hydrogen (secondary N) is 1. The number of ether oxygens (including phenoxy) is 1. The topological polar surface area (TPSA) is 75.6 Å². The van der Waals surface area contributed by atoms with Crippen LogP contribution in [0, 0.1) is 0 Å². The summed E-state index contributed by atoms with van der Waals surface area (Å²) < 4.78 is 5.04. The molecule has 0 fully saturated rings. The van der Waals surface area contributed by atoms with Gasteiger partial charge in [0.2, 0.25) is 0 Å². The maximum Gasteiger partial charge on any atom is 0.342 e. The summed E-state index contributed by atoms with van der Waals surface area (Å²) in [6.07, 6.45) is -1.02. The highest BCUT2D eigenvalue weighted by atomic mass is 35.5. The van der Waals surface area contributed by atoms with E-state index < -0.39 is 18.0 Å². The van der Waals surface area contributed by atoms with Crippen molar-refractivity contribution in [3.8, 4) is 5.75 Å². The molecule has 2 N–H and O–H groups in total. The predicted molar refractivity (Wildman–Crippen MR) is 83.1 cm³/mol. The summed E-state index contributed by atoms with van der Waals surface area (Å²) >= 11 is 5.77. The summed E-state index contributed by atoms with van der Waals surface area (Å²) in [6.45, 7) is 1.44. The van der Waals surface area contributed by atoms with Crippen LogP contribution in [0.2, 0.25) is 5.02 Å². The third kappa shape index (κ3) is 3.99. The highest BCUT2D eigenvalue weighted by Crippen LogP contribution is 2.22. The first-order valence-electron chi connectivity index (χ1n) is 6.53. The van der Waals surface area contributed by atoms with Crippen LogP contribution in [0.4, 0.5) is 5.69 Å². The largest absolute Gasteiger partial charge is 0.507 e. The van der Waals surface area contributed by atoms with Crippen molar-refractivity contribution in [1.82, 2.24) is 0 Å². The predicted octanol–water partition coefficient (Wildman–Crippen LogP) is 3.23. The standard InChI is InChI=1S/C16H14ClNO4/c1-10(15(20)18-12-5-3-2-4-6-12)22-16(21)13-9-11(17)7-8-14(13)19/h2-10,19H,1H3,(H,18,20)/t10-/m1/s1. The Balaban J connectivity index is 2.01. The maximum absolute atomic E-state index is 12.0. The van der Waals surface area contributed by atoms with E-state index >= 15 is 0 Å². The van der Waals surface area contributed by atoms with Gasteiger partial charge in [-0.2, -0.15) is 0 Å². The van der Waals surface area contributed by atoms with Gasteiger partial charge >= 0.3 is 5.97 Å². The highest BCUT2D eigenvalue weighted by molar-refractivity contribution is 6.31. The molecule has 0 spiro atoms. The molecule has 0 saturated heterocycles. The van der Waals surface area contributed by atoms with E-state index in [-0.39, 0.29) is 16.3 Å². The van der Waals surface area contributed by atoms with Gasteiger partial charge in [0.05, 0.1) is 0 Å². The van der Waals surface area contributed by atoms with Crippen molar-refractivity contribution in [2.45, 2.75) is 13.0 Å². The van der Waals surface area contributed by atoms with Gasteiger partial charge in [0, 0.05) is 10.7 Å². The van der Waals surface area contributed by atoms with E-state index in [4.69, 9.17) is 16.3 Å². The summed E-state index contributed by atoms with van der Waals surface area (Å²) in [4.78, 5) is 23.9. The molecule has 0 aliphatic carbocycles. The molecule has 2 aromatic carbocycles. The van der Waals surface area contributed by atoms with Crippen molar-refractivity contribution in [3.05, 3.63) is 59.1 Å². The number of hydrogen-bond acceptors (Lipinski definition) is 4. The molecule has 114 valence electrons. The summed E-state index contributed by atoms with van der Waals surface area (Å²) in [5.74, 6) is -1.55. The number of aromatic hydroxyl groups is 1. The fourth-order valence-corrected chi connectivity index (χ4v) is 1.89. The number of phenols is 1. The number of para-hydroxylation sites is 1. The minimum Gasteiger partial charge on any atom is -0.507 e. The molecule has 0 aliphatic heterocycles. The number of carbonyl (C=O) groups is 2. The normalized spacial score (nSPS) is 11.5. The number of anilines is 1. The molecule has 0 unspecified atom stereocenters. The zero-order valence-electron chi connectivity index (χ0n) is 11.7. The smallest absolute Gasteiger partial charge is 0.342 e. The molecular formula is C16H14ClNO4. The Morgan fingerprint density at radius 3 is 2.55 bits per heavy atom. The lowest BCUT2D eigenvalue weighted by molar-refractivity contribution is -0.123. The van der Waals surface area contributed by atoms with E-state index in [0.717, 1.165) is 0 Å². The van der Waals surface area contributed by atoms with Gasteiger partial charge in [-0.1, -0.05) is 29.8 Å². The minimum atomic E-state index is -1.02. The second-order valence-corrected chi connectivity index (χ2v) is 5.00. The van der Waals surface area contributed by atoms with Crippen LogP contribution in [0.5, 0.6) is 5.75 Å². The number of esters is 1. The van der Waals surface area contributed by atoms with Crippen molar-refractivity contribution >= 4 is 29.2 Å². The number of hydrogen-bond donors (Lipinski definition) is 2. The molecule has 5 nitrogen and oxygen atoms in total. The average Bonchev–Trinajstić information content (AvgIpc) is 2.50. The second kappa shape index (κ2) is 6.95. The van der Waals surface area contributed by atoms with Gasteiger partial charge in [-0.05, 0) is 37.3 Å². The van der Waals surface area contributed by atoms with Gasteiger partial charge in [0.1, 0.15) is 11.3 Å². The lowest BCUT2D eigenvalue weighted by Crippen LogP contribution is -2.30.